The van der Waals surface area contributed by atoms with Gasteiger partial charge < -0.3 is 14.6 Å². The molecule has 186 valence electrons. The number of benzene rings is 2. The lowest BCUT2D eigenvalue weighted by Crippen LogP contribution is -2.26. The fourth-order valence-electron chi connectivity index (χ4n) is 4.02. The molecule has 1 atom stereocenters. The van der Waals surface area contributed by atoms with Gasteiger partial charge >= 0.3 is 0 Å². The first kappa shape index (κ1) is 24.8. The number of fused-ring (bicyclic) bond motifs is 1. The first-order valence-electron chi connectivity index (χ1n) is 11.5. The molecule has 1 aliphatic rings. The van der Waals surface area contributed by atoms with Gasteiger partial charge in [-0.1, -0.05) is 53.4 Å². The van der Waals surface area contributed by atoms with Crippen molar-refractivity contribution in [1.29, 1.82) is 0 Å². The first-order chi connectivity index (χ1) is 17.5. The van der Waals surface area contributed by atoms with Crippen molar-refractivity contribution in [1.82, 2.24) is 19.4 Å². The molecule has 1 N–H and O–H groups in total. The number of nitrogens with zero attached hydrogens (tertiary/aromatic N) is 3. The summed E-state index contributed by atoms with van der Waals surface area (Å²) < 4.78 is 23.6. The first-order valence-corrected chi connectivity index (χ1v) is 13.7. The van der Waals surface area contributed by atoms with Gasteiger partial charge in [-0.25, -0.2) is 9.37 Å². The van der Waals surface area contributed by atoms with Gasteiger partial charge in [-0.3, -0.25) is 14.2 Å². The average molecular weight is 543 g/mol. The normalized spacial score (nSPS) is 15.4. The molecular weight excluding hydrogens is 519 g/mol. The molecule has 0 unspecified atom stereocenters. The Labute approximate surface area is 219 Å². The Morgan fingerprint density at radius 2 is 2.00 bits per heavy atom. The van der Waals surface area contributed by atoms with E-state index in [1.165, 1.54) is 40.2 Å². The van der Waals surface area contributed by atoms with Gasteiger partial charge in [0.05, 0.1) is 24.1 Å². The van der Waals surface area contributed by atoms with Crippen molar-refractivity contribution < 1.29 is 13.9 Å². The smallest absolute Gasteiger partial charge is 0.278 e. The van der Waals surface area contributed by atoms with E-state index in [0.29, 0.717) is 44.8 Å². The molecule has 1 aliphatic heterocycles. The highest BCUT2D eigenvalue weighted by atomic mass is 32.2. The van der Waals surface area contributed by atoms with Crippen molar-refractivity contribution in [2.24, 2.45) is 0 Å². The van der Waals surface area contributed by atoms with Gasteiger partial charge in [-0.05, 0) is 54.9 Å². The zero-order valence-corrected chi connectivity index (χ0v) is 21.6. The van der Waals surface area contributed by atoms with E-state index in [9.17, 15) is 14.0 Å². The number of halogens is 1. The molecule has 1 fully saturated rings. The number of thiazole rings is 1. The molecule has 0 aliphatic carbocycles. The summed E-state index contributed by atoms with van der Waals surface area (Å²) in [6.07, 6.45) is 1.94. The lowest BCUT2D eigenvalue weighted by Gasteiger charge is -2.14. The average Bonchev–Trinajstić information content (AvgIpc) is 3.51. The second-order valence-electron chi connectivity index (χ2n) is 8.33. The number of hydrogen-bond donors (Lipinski definition) is 1. The SMILES string of the molecule is O=C(CSc1nc2c(sc(=S)n2C[C@H]2CCCO2)c(=O)n1-c1ccc(F)cc1)NCc1ccccc1. The molecule has 4 aromatic rings. The standard InChI is InChI=1S/C25H23FN4O3S3/c26-17-8-10-18(11-9-17)30-23(32)21-22(29(25(34)36-21)14-19-7-4-12-33-19)28-24(30)35-15-20(31)27-13-16-5-2-1-3-6-16/h1-3,5-6,8-11,19H,4,7,12-15H2,(H,27,31)/t19-/m1/s1. The Balaban J connectivity index is 1.48. The number of thioether (sulfide) groups is 1. The van der Waals surface area contributed by atoms with E-state index < -0.39 is 5.82 Å². The summed E-state index contributed by atoms with van der Waals surface area (Å²) in [7, 11) is 0. The van der Waals surface area contributed by atoms with Gasteiger partial charge in [0.1, 0.15) is 10.5 Å². The molecular formula is C25H23FN4O3S3. The number of amides is 1. The third kappa shape index (κ3) is 5.44. The third-order valence-electron chi connectivity index (χ3n) is 5.82. The maximum Gasteiger partial charge on any atom is 0.278 e. The number of carbonyl (C=O) groups is 1. The summed E-state index contributed by atoms with van der Waals surface area (Å²) in [5.74, 6) is -0.540. The van der Waals surface area contributed by atoms with Crippen molar-refractivity contribution >= 4 is 51.6 Å². The molecule has 0 radical (unpaired) electrons. The Hall–Kier alpha value is -2.86. The van der Waals surface area contributed by atoms with Crippen molar-refractivity contribution in [3.63, 3.8) is 0 Å². The third-order valence-corrected chi connectivity index (χ3v) is 8.18. The Morgan fingerprint density at radius 1 is 1.22 bits per heavy atom. The number of hydrogen-bond acceptors (Lipinski definition) is 7. The Morgan fingerprint density at radius 3 is 2.72 bits per heavy atom. The van der Waals surface area contributed by atoms with E-state index in [4.69, 9.17) is 21.9 Å². The maximum atomic E-state index is 13.6. The molecule has 0 bridgehead atoms. The molecule has 11 heteroatoms. The van der Waals surface area contributed by atoms with Crippen LogP contribution in [-0.2, 0) is 22.6 Å². The number of ether oxygens (including phenoxy) is 1. The molecule has 36 heavy (non-hydrogen) atoms. The summed E-state index contributed by atoms with van der Waals surface area (Å²) in [5.41, 5.74) is 1.63. The van der Waals surface area contributed by atoms with Crippen molar-refractivity contribution in [3.05, 3.63) is 80.3 Å². The van der Waals surface area contributed by atoms with Crippen LogP contribution in [0.25, 0.3) is 16.0 Å². The van der Waals surface area contributed by atoms with Crippen LogP contribution in [0.2, 0.25) is 0 Å². The molecule has 3 heterocycles. The van der Waals surface area contributed by atoms with Gasteiger partial charge in [0.2, 0.25) is 5.91 Å². The zero-order chi connectivity index (χ0) is 25.1. The summed E-state index contributed by atoms with van der Waals surface area (Å²) in [4.78, 5) is 31.0. The van der Waals surface area contributed by atoms with Crippen LogP contribution in [0.4, 0.5) is 4.39 Å². The molecule has 1 amide bonds. The highest BCUT2D eigenvalue weighted by Gasteiger charge is 2.22. The fourth-order valence-corrected chi connectivity index (χ4v) is 6.14. The van der Waals surface area contributed by atoms with Crippen molar-refractivity contribution in [2.45, 2.75) is 37.2 Å². The van der Waals surface area contributed by atoms with E-state index in [0.717, 1.165) is 30.2 Å². The van der Waals surface area contributed by atoms with Crippen LogP contribution in [0.1, 0.15) is 18.4 Å². The summed E-state index contributed by atoms with van der Waals surface area (Å²) in [5, 5.41) is 3.23. The van der Waals surface area contributed by atoms with Gasteiger partial charge in [0.15, 0.2) is 14.8 Å². The molecule has 1 saturated heterocycles. The summed E-state index contributed by atoms with van der Waals surface area (Å²) in [6, 6.07) is 15.2. The van der Waals surface area contributed by atoms with Crippen LogP contribution in [0.3, 0.4) is 0 Å². The van der Waals surface area contributed by atoms with Crippen LogP contribution in [0.15, 0.2) is 64.5 Å². The Kier molecular flexibility index (Phi) is 7.61. The number of aromatic nitrogens is 3. The van der Waals surface area contributed by atoms with Gasteiger partial charge in [-0.15, -0.1) is 0 Å². The van der Waals surface area contributed by atoms with Crippen LogP contribution in [-0.4, -0.2) is 38.5 Å². The van der Waals surface area contributed by atoms with Crippen molar-refractivity contribution in [2.75, 3.05) is 12.4 Å². The van der Waals surface area contributed by atoms with Crippen LogP contribution in [0, 0.1) is 9.77 Å². The van der Waals surface area contributed by atoms with Crippen LogP contribution >= 0.6 is 35.3 Å². The zero-order valence-electron chi connectivity index (χ0n) is 19.2. The quantitative estimate of drug-likeness (QED) is 0.198. The monoisotopic (exact) mass is 542 g/mol. The minimum Gasteiger partial charge on any atom is -0.376 e. The van der Waals surface area contributed by atoms with E-state index in [-0.39, 0.29) is 23.3 Å². The molecule has 7 nitrogen and oxygen atoms in total. The van der Waals surface area contributed by atoms with E-state index >= 15 is 0 Å². The fraction of sp³-hybridized carbons (Fsp3) is 0.280. The largest absolute Gasteiger partial charge is 0.376 e. The molecule has 5 rings (SSSR count). The predicted octanol–water partition coefficient (Wildman–Crippen LogP) is 4.70. The van der Waals surface area contributed by atoms with Crippen LogP contribution < -0.4 is 10.9 Å². The van der Waals surface area contributed by atoms with Crippen LogP contribution in [0.5, 0.6) is 0 Å². The topological polar surface area (TPSA) is 78.2 Å². The van der Waals surface area contributed by atoms with E-state index in [1.807, 2.05) is 34.9 Å². The number of rotatable bonds is 8. The molecule has 0 saturated carbocycles. The predicted molar refractivity (Wildman–Crippen MR) is 142 cm³/mol. The number of carbonyl (C=O) groups excluding carboxylic acids is 1. The molecule has 2 aromatic heterocycles. The second-order valence-corrected chi connectivity index (χ2v) is 10.9. The molecule has 0 spiro atoms. The highest BCUT2D eigenvalue weighted by molar-refractivity contribution is 7.99. The van der Waals surface area contributed by atoms with Gasteiger partial charge in [-0.2, -0.15) is 0 Å². The lowest BCUT2D eigenvalue weighted by atomic mass is 10.2. The maximum absolute atomic E-state index is 13.6. The minimum absolute atomic E-state index is 0.0238. The number of nitrogens with one attached hydrogen (secondary N) is 1. The molecule has 2 aromatic carbocycles. The van der Waals surface area contributed by atoms with Gasteiger partial charge in [0, 0.05) is 13.2 Å². The lowest BCUT2D eigenvalue weighted by molar-refractivity contribution is -0.118. The highest BCUT2D eigenvalue weighted by Crippen LogP contribution is 2.26. The van der Waals surface area contributed by atoms with E-state index in [2.05, 4.69) is 5.32 Å². The van der Waals surface area contributed by atoms with Crippen molar-refractivity contribution in [3.8, 4) is 5.69 Å². The summed E-state index contributed by atoms with van der Waals surface area (Å²) >= 11 is 7.93. The minimum atomic E-state index is -0.409. The summed E-state index contributed by atoms with van der Waals surface area (Å²) in [6.45, 7) is 1.64. The van der Waals surface area contributed by atoms with E-state index in [1.54, 1.807) is 0 Å². The van der Waals surface area contributed by atoms with Gasteiger partial charge in [0.25, 0.3) is 5.56 Å². The second kappa shape index (κ2) is 11.0. The Bertz CT molecular complexity index is 1490.